The number of allylic oxidation sites excluding steroid dienone is 2. The lowest BCUT2D eigenvalue weighted by Crippen LogP contribution is -2.15. The number of carbonyl (C=O) groups excluding carboxylic acids is 2. The first-order valence-corrected chi connectivity index (χ1v) is 9.57. The maximum Gasteiger partial charge on any atom is 0.339 e. The van der Waals surface area contributed by atoms with Crippen molar-refractivity contribution in [1.82, 2.24) is 0 Å². The normalized spacial score (nSPS) is 12.7. The second-order valence-electron chi connectivity index (χ2n) is 6.91. The van der Waals surface area contributed by atoms with Gasteiger partial charge in [-0.2, -0.15) is 0 Å². The molecule has 1 aromatic carbocycles. The minimum atomic E-state index is -1.15. The van der Waals surface area contributed by atoms with E-state index < -0.39 is 11.9 Å². The van der Waals surface area contributed by atoms with Gasteiger partial charge in [-0.05, 0) is 43.4 Å². The van der Waals surface area contributed by atoms with E-state index in [1.165, 1.54) is 7.11 Å². The van der Waals surface area contributed by atoms with Crippen molar-refractivity contribution in [3.05, 3.63) is 45.0 Å². The van der Waals surface area contributed by atoms with Crippen molar-refractivity contribution in [3.8, 4) is 11.8 Å². The number of ether oxygens (including phenoxy) is 2. The first kappa shape index (κ1) is 22.2. The Bertz CT molecular complexity index is 927. The van der Waals surface area contributed by atoms with E-state index in [2.05, 4.69) is 16.6 Å². The van der Waals surface area contributed by atoms with Crippen molar-refractivity contribution in [3.63, 3.8) is 0 Å². The van der Waals surface area contributed by atoms with E-state index in [1.807, 2.05) is 26.8 Å². The SMILES string of the molecule is CCC#CCc1c(C)c2c(c(C(=O)O)c1CC=C(C)CCC(=O)OC)C(=O)OC2. The molecular weight excluding hydrogens is 372 g/mol. The highest BCUT2D eigenvalue weighted by atomic mass is 16.5. The molecule has 2 rings (SSSR count). The molecule has 0 saturated carbocycles. The molecule has 0 atom stereocenters. The van der Waals surface area contributed by atoms with Gasteiger partial charge in [0.05, 0.1) is 18.2 Å². The fourth-order valence-corrected chi connectivity index (χ4v) is 3.42. The third-order valence-corrected chi connectivity index (χ3v) is 5.06. The van der Waals surface area contributed by atoms with Crippen LogP contribution in [0.4, 0.5) is 0 Å². The standard InChI is InChI=1S/C23H26O6/c1-5-6-7-8-16-15(3)18-13-29-23(27)21(18)20(22(25)26)17(16)11-9-14(2)10-12-19(24)28-4/h9H,5,8,10-13H2,1-4H3,(H,25,26). The van der Waals surface area contributed by atoms with Crippen molar-refractivity contribution >= 4 is 17.9 Å². The number of benzene rings is 1. The molecule has 1 N–H and O–H groups in total. The van der Waals surface area contributed by atoms with Crippen molar-refractivity contribution < 1.29 is 29.0 Å². The summed E-state index contributed by atoms with van der Waals surface area (Å²) in [6, 6.07) is 0. The van der Waals surface area contributed by atoms with Gasteiger partial charge in [0.15, 0.2) is 0 Å². The third kappa shape index (κ3) is 5.05. The third-order valence-electron chi connectivity index (χ3n) is 5.06. The van der Waals surface area contributed by atoms with Crippen LogP contribution in [-0.2, 0) is 33.7 Å². The van der Waals surface area contributed by atoms with Crippen LogP contribution in [0.1, 0.15) is 76.1 Å². The lowest BCUT2D eigenvalue weighted by Gasteiger charge is -2.17. The van der Waals surface area contributed by atoms with Crippen LogP contribution in [0, 0.1) is 18.8 Å². The number of hydrogen-bond acceptors (Lipinski definition) is 5. The number of fused-ring (bicyclic) bond motifs is 1. The average Bonchev–Trinajstić information content (AvgIpc) is 3.07. The van der Waals surface area contributed by atoms with E-state index in [4.69, 9.17) is 4.74 Å². The van der Waals surface area contributed by atoms with E-state index >= 15 is 0 Å². The van der Waals surface area contributed by atoms with Gasteiger partial charge in [0.2, 0.25) is 0 Å². The summed E-state index contributed by atoms with van der Waals surface area (Å²) < 4.78 is 9.78. The van der Waals surface area contributed by atoms with E-state index in [0.29, 0.717) is 36.8 Å². The zero-order chi connectivity index (χ0) is 21.6. The molecule has 1 aliphatic rings. The zero-order valence-electron chi connectivity index (χ0n) is 17.3. The van der Waals surface area contributed by atoms with Gasteiger partial charge >= 0.3 is 17.9 Å². The Morgan fingerprint density at radius 3 is 2.59 bits per heavy atom. The molecule has 1 aromatic rings. The Balaban J connectivity index is 2.53. The number of esters is 2. The summed E-state index contributed by atoms with van der Waals surface area (Å²) >= 11 is 0. The van der Waals surface area contributed by atoms with Crippen molar-refractivity contribution in [2.75, 3.05) is 7.11 Å². The molecule has 0 radical (unpaired) electrons. The second kappa shape index (κ2) is 9.92. The van der Waals surface area contributed by atoms with Gasteiger partial charge in [-0.1, -0.05) is 24.5 Å². The highest BCUT2D eigenvalue weighted by Gasteiger charge is 2.33. The van der Waals surface area contributed by atoms with E-state index in [-0.39, 0.29) is 30.1 Å². The molecule has 29 heavy (non-hydrogen) atoms. The van der Waals surface area contributed by atoms with Crippen molar-refractivity contribution in [2.45, 2.75) is 59.5 Å². The number of cyclic esters (lactones) is 1. The number of methoxy groups -OCH3 is 1. The molecule has 1 heterocycles. The molecule has 0 aromatic heterocycles. The average molecular weight is 398 g/mol. The molecule has 0 aliphatic carbocycles. The van der Waals surface area contributed by atoms with Crippen LogP contribution in [0.15, 0.2) is 11.6 Å². The highest BCUT2D eigenvalue weighted by molar-refractivity contribution is 6.06. The summed E-state index contributed by atoms with van der Waals surface area (Å²) in [7, 11) is 1.34. The Hall–Kier alpha value is -3.07. The van der Waals surface area contributed by atoms with Crippen LogP contribution in [0.5, 0.6) is 0 Å². The Morgan fingerprint density at radius 2 is 1.97 bits per heavy atom. The maximum absolute atomic E-state index is 12.2. The van der Waals surface area contributed by atoms with Crippen LogP contribution in [-0.4, -0.2) is 30.1 Å². The molecule has 6 heteroatoms. The second-order valence-corrected chi connectivity index (χ2v) is 6.91. The van der Waals surface area contributed by atoms with E-state index in [9.17, 15) is 19.5 Å². The summed E-state index contributed by atoms with van der Waals surface area (Å²) in [6.07, 6.45) is 4.12. The van der Waals surface area contributed by atoms with Gasteiger partial charge in [0, 0.05) is 24.8 Å². The van der Waals surface area contributed by atoms with Crippen LogP contribution >= 0.6 is 0 Å². The van der Waals surface area contributed by atoms with E-state index in [1.54, 1.807) is 0 Å². The van der Waals surface area contributed by atoms with Crippen LogP contribution in [0.2, 0.25) is 0 Å². The monoisotopic (exact) mass is 398 g/mol. The van der Waals surface area contributed by atoms with Crippen molar-refractivity contribution in [2.24, 2.45) is 0 Å². The number of aromatic carboxylic acids is 1. The van der Waals surface area contributed by atoms with Gasteiger partial charge in [0.25, 0.3) is 0 Å². The molecule has 0 amide bonds. The van der Waals surface area contributed by atoms with Crippen LogP contribution in [0.3, 0.4) is 0 Å². The molecule has 6 nitrogen and oxygen atoms in total. The van der Waals surface area contributed by atoms with E-state index in [0.717, 1.165) is 16.7 Å². The number of rotatable bonds is 7. The van der Waals surface area contributed by atoms with Gasteiger partial charge in [-0.15, -0.1) is 5.92 Å². The first-order valence-electron chi connectivity index (χ1n) is 9.57. The Morgan fingerprint density at radius 1 is 1.24 bits per heavy atom. The fraction of sp³-hybridized carbons (Fsp3) is 0.435. The lowest BCUT2D eigenvalue weighted by molar-refractivity contribution is -0.140. The van der Waals surface area contributed by atoms with Crippen molar-refractivity contribution in [1.29, 1.82) is 0 Å². The smallest absolute Gasteiger partial charge is 0.339 e. The first-order chi connectivity index (χ1) is 13.8. The van der Waals surface area contributed by atoms with Gasteiger partial charge in [-0.25, -0.2) is 9.59 Å². The number of carboxylic acids is 1. The quantitative estimate of drug-likeness (QED) is 0.427. The maximum atomic E-state index is 12.2. The number of carboxylic acid groups (broad SMARTS) is 1. The van der Waals surface area contributed by atoms with Gasteiger partial charge in [0.1, 0.15) is 6.61 Å². The molecule has 0 saturated heterocycles. The largest absolute Gasteiger partial charge is 0.478 e. The number of carbonyl (C=O) groups is 3. The molecule has 1 aliphatic heterocycles. The lowest BCUT2D eigenvalue weighted by atomic mass is 9.85. The summed E-state index contributed by atoms with van der Waals surface area (Å²) in [5.74, 6) is 4.06. The molecule has 154 valence electrons. The minimum absolute atomic E-state index is 0.00147. The summed E-state index contributed by atoms with van der Waals surface area (Å²) in [4.78, 5) is 35.7. The Kier molecular flexibility index (Phi) is 7.60. The minimum Gasteiger partial charge on any atom is -0.478 e. The fourth-order valence-electron chi connectivity index (χ4n) is 3.42. The molecule has 0 unspecified atom stereocenters. The molecule has 0 fully saturated rings. The zero-order valence-corrected chi connectivity index (χ0v) is 17.3. The summed E-state index contributed by atoms with van der Waals surface area (Å²) in [5, 5.41) is 9.88. The molecule has 0 bridgehead atoms. The number of hydrogen-bond donors (Lipinski definition) is 1. The molecular formula is C23H26O6. The predicted molar refractivity (Wildman–Crippen MR) is 108 cm³/mol. The topological polar surface area (TPSA) is 89.9 Å². The van der Waals surface area contributed by atoms with Gasteiger partial charge < -0.3 is 14.6 Å². The van der Waals surface area contributed by atoms with Gasteiger partial charge in [-0.3, -0.25) is 4.79 Å². The summed E-state index contributed by atoms with van der Waals surface area (Å²) in [6.45, 7) is 5.80. The molecule has 0 spiro atoms. The van der Waals surface area contributed by atoms with Crippen LogP contribution in [0.25, 0.3) is 0 Å². The summed E-state index contributed by atoms with van der Waals surface area (Å²) in [5.41, 5.74) is 4.00. The Labute approximate surface area is 170 Å². The predicted octanol–water partition coefficient (Wildman–Crippen LogP) is 3.76. The highest BCUT2D eigenvalue weighted by Crippen LogP contribution is 2.34. The van der Waals surface area contributed by atoms with Crippen LogP contribution < -0.4 is 0 Å².